The van der Waals surface area contributed by atoms with Gasteiger partial charge in [0.25, 0.3) is 0 Å². The normalized spacial score (nSPS) is 16.1. The Morgan fingerprint density at radius 1 is 1.06 bits per heavy atom. The maximum atomic E-state index is 10.4. The first kappa shape index (κ1) is 19.3. The van der Waals surface area contributed by atoms with Crippen molar-refractivity contribution in [3.8, 4) is 0 Å². The van der Waals surface area contributed by atoms with Gasteiger partial charge in [0.05, 0.1) is 5.92 Å². The second kappa shape index (κ2) is 14.0. The van der Waals surface area contributed by atoms with Gasteiger partial charge in [-0.25, -0.2) is 0 Å². The summed E-state index contributed by atoms with van der Waals surface area (Å²) in [6, 6.07) is 0. The van der Waals surface area contributed by atoms with Gasteiger partial charge in [-0.1, -0.05) is 65.2 Å². The first-order valence-electron chi connectivity index (χ1n) is 6.95. The molecule has 0 heterocycles. The molecule has 1 saturated carbocycles. The number of carbonyl (C=O) groups is 1. The van der Waals surface area contributed by atoms with Crippen LogP contribution in [0.1, 0.15) is 78.1 Å². The molecule has 1 fully saturated rings. The molecule has 1 rings (SSSR count). The van der Waals surface area contributed by atoms with Crippen molar-refractivity contribution in [3.63, 3.8) is 0 Å². The van der Waals surface area contributed by atoms with E-state index in [1.54, 1.807) is 0 Å². The Bertz CT molecular complexity index is 156. The fraction of sp³-hybridized carbons (Fsp3) is 0.929. The molecule has 1 atom stereocenters. The summed E-state index contributed by atoms with van der Waals surface area (Å²) in [7, 11) is 0. The summed E-state index contributed by atoms with van der Waals surface area (Å²) >= 11 is 0. The van der Waals surface area contributed by atoms with Crippen molar-refractivity contribution in [2.45, 2.75) is 78.1 Å². The van der Waals surface area contributed by atoms with Crippen molar-refractivity contribution in [2.24, 2.45) is 5.92 Å². The Morgan fingerprint density at radius 2 is 1.47 bits per heavy atom. The van der Waals surface area contributed by atoms with Crippen LogP contribution in [0.5, 0.6) is 0 Å². The third-order valence-corrected chi connectivity index (χ3v) is 3.25. The van der Waals surface area contributed by atoms with Gasteiger partial charge in [0.2, 0.25) is 0 Å². The van der Waals surface area contributed by atoms with Crippen LogP contribution in [-0.2, 0) is 21.3 Å². The molecule has 1 unspecified atom stereocenters. The van der Waals surface area contributed by atoms with Gasteiger partial charge in [0, 0.05) is 16.5 Å². The van der Waals surface area contributed by atoms with Crippen LogP contribution in [0.2, 0.25) is 0 Å². The number of rotatable bonds is 5. The van der Waals surface area contributed by atoms with Gasteiger partial charge >= 0.3 is 5.97 Å². The minimum atomic E-state index is -0.643. The summed E-state index contributed by atoms with van der Waals surface area (Å²) in [5.41, 5.74) is 0. The van der Waals surface area contributed by atoms with Crippen LogP contribution < -0.4 is 0 Å². The van der Waals surface area contributed by atoms with Crippen molar-refractivity contribution in [1.82, 2.24) is 0 Å². The Labute approximate surface area is 116 Å². The number of aliphatic carboxylic acids is 1. The predicted octanol–water partition coefficient (Wildman–Crippen LogP) is 4.63. The van der Waals surface area contributed by atoms with Gasteiger partial charge < -0.3 is 5.11 Å². The molecule has 0 aromatic carbocycles. The van der Waals surface area contributed by atoms with E-state index in [4.69, 9.17) is 5.11 Å². The molecule has 1 aliphatic rings. The molecule has 0 amide bonds. The summed E-state index contributed by atoms with van der Waals surface area (Å²) in [6.07, 6.45) is 12.7. The zero-order valence-electron chi connectivity index (χ0n) is 11.3. The molecule has 17 heavy (non-hydrogen) atoms. The molecule has 0 aromatic heterocycles. The number of carboxylic acid groups (broad SMARTS) is 1. The first-order valence-corrected chi connectivity index (χ1v) is 6.95. The van der Waals surface area contributed by atoms with Crippen LogP contribution in [0.15, 0.2) is 0 Å². The fourth-order valence-corrected chi connectivity index (χ4v) is 2.01. The molecule has 1 N–H and O–H groups in total. The Hall–Kier alpha value is -0.0365. The largest absolute Gasteiger partial charge is 0.481 e. The van der Waals surface area contributed by atoms with Crippen LogP contribution in [0, 0.1) is 5.92 Å². The first-order chi connectivity index (χ1) is 7.72. The maximum absolute atomic E-state index is 10.4. The van der Waals surface area contributed by atoms with Crippen molar-refractivity contribution < 1.29 is 26.4 Å². The standard InChI is InChI=1S/C8H16O2.C6H12.Ni/c1-3-5-6-7(4-2)8(9)10;1-2-4-6-5-3-1;/h7H,3-6H2,1-2H3,(H,9,10);1-6H2;. The van der Waals surface area contributed by atoms with E-state index >= 15 is 0 Å². The van der Waals surface area contributed by atoms with Gasteiger partial charge in [0.15, 0.2) is 0 Å². The summed E-state index contributed by atoms with van der Waals surface area (Å²) in [5, 5.41) is 8.60. The SMILES string of the molecule is C1CCCCC1.CCCCC(CC)C(=O)O.[Ni]. The van der Waals surface area contributed by atoms with Crippen LogP contribution in [-0.4, -0.2) is 11.1 Å². The Kier molecular flexibility index (Phi) is 15.9. The second-order valence-corrected chi connectivity index (χ2v) is 4.71. The summed E-state index contributed by atoms with van der Waals surface area (Å²) < 4.78 is 0. The van der Waals surface area contributed by atoms with E-state index in [1.807, 2.05) is 6.92 Å². The number of carboxylic acids is 1. The molecule has 0 bridgehead atoms. The molecular weight excluding hydrogens is 259 g/mol. The molecule has 106 valence electrons. The van der Waals surface area contributed by atoms with Crippen molar-refractivity contribution >= 4 is 5.97 Å². The van der Waals surface area contributed by atoms with Gasteiger partial charge in [0.1, 0.15) is 0 Å². The summed E-state index contributed by atoms with van der Waals surface area (Å²) in [4.78, 5) is 10.4. The van der Waals surface area contributed by atoms with E-state index in [9.17, 15) is 4.79 Å². The zero-order valence-corrected chi connectivity index (χ0v) is 12.3. The van der Waals surface area contributed by atoms with Crippen LogP contribution in [0.3, 0.4) is 0 Å². The maximum Gasteiger partial charge on any atom is 0.306 e. The van der Waals surface area contributed by atoms with Crippen molar-refractivity contribution in [2.75, 3.05) is 0 Å². The third kappa shape index (κ3) is 12.2. The minimum Gasteiger partial charge on any atom is -0.481 e. The minimum absolute atomic E-state index is 0. The third-order valence-electron chi connectivity index (χ3n) is 3.25. The van der Waals surface area contributed by atoms with Gasteiger partial charge in [-0.2, -0.15) is 0 Å². The molecule has 0 saturated heterocycles. The van der Waals surface area contributed by atoms with Crippen molar-refractivity contribution in [3.05, 3.63) is 0 Å². The van der Waals surface area contributed by atoms with E-state index in [0.717, 1.165) is 25.7 Å². The average molecular weight is 287 g/mol. The fourth-order valence-electron chi connectivity index (χ4n) is 2.01. The smallest absolute Gasteiger partial charge is 0.306 e. The van der Waals surface area contributed by atoms with Gasteiger partial charge in [-0.05, 0) is 12.8 Å². The Morgan fingerprint density at radius 3 is 1.71 bits per heavy atom. The molecule has 0 radical (unpaired) electrons. The van der Waals surface area contributed by atoms with E-state index < -0.39 is 5.97 Å². The summed E-state index contributed by atoms with van der Waals surface area (Å²) in [5.74, 6) is -0.754. The van der Waals surface area contributed by atoms with E-state index in [2.05, 4.69) is 6.92 Å². The Balaban J connectivity index is 0. The van der Waals surface area contributed by atoms with Gasteiger partial charge in [-0.15, -0.1) is 0 Å². The molecule has 0 spiro atoms. The molecule has 0 aromatic rings. The van der Waals surface area contributed by atoms with E-state index in [-0.39, 0.29) is 22.4 Å². The predicted molar refractivity (Wildman–Crippen MR) is 68.6 cm³/mol. The van der Waals surface area contributed by atoms with E-state index in [0.29, 0.717) is 0 Å². The van der Waals surface area contributed by atoms with Crippen LogP contribution in [0.4, 0.5) is 0 Å². The van der Waals surface area contributed by atoms with Crippen LogP contribution >= 0.6 is 0 Å². The monoisotopic (exact) mass is 286 g/mol. The second-order valence-electron chi connectivity index (χ2n) is 4.71. The quantitative estimate of drug-likeness (QED) is 0.749. The average Bonchev–Trinajstić information content (AvgIpc) is 2.33. The molecular formula is C14H28NiO2. The molecule has 2 nitrogen and oxygen atoms in total. The number of hydrogen-bond donors (Lipinski definition) is 1. The van der Waals surface area contributed by atoms with Gasteiger partial charge in [-0.3, -0.25) is 4.79 Å². The molecule has 0 aliphatic heterocycles. The molecule has 3 heteroatoms. The van der Waals surface area contributed by atoms with E-state index in [1.165, 1.54) is 38.5 Å². The van der Waals surface area contributed by atoms with Crippen molar-refractivity contribution in [1.29, 1.82) is 0 Å². The number of unbranched alkanes of at least 4 members (excludes halogenated alkanes) is 1. The zero-order chi connectivity index (χ0) is 12.2. The number of hydrogen-bond acceptors (Lipinski definition) is 1. The topological polar surface area (TPSA) is 37.3 Å². The van der Waals surface area contributed by atoms with Crippen LogP contribution in [0.25, 0.3) is 0 Å². The summed E-state index contributed by atoms with van der Waals surface area (Å²) in [6.45, 7) is 4.00. The molecule has 1 aliphatic carbocycles.